The molecular formula is C14H9F3N2O5. The van der Waals surface area contributed by atoms with E-state index in [9.17, 15) is 28.1 Å². The minimum absolute atomic E-state index is 0.194. The number of pyridine rings is 1. The Morgan fingerprint density at radius 3 is 2.58 bits per heavy atom. The highest BCUT2D eigenvalue weighted by atomic mass is 19.4. The average Bonchev–Trinajstić information content (AvgIpc) is 2.53. The number of ether oxygens (including phenoxy) is 2. The number of carbonyl (C=O) groups is 1. The van der Waals surface area contributed by atoms with Gasteiger partial charge in [-0.2, -0.15) is 13.2 Å². The van der Waals surface area contributed by atoms with Gasteiger partial charge in [0.25, 0.3) is 5.88 Å². The van der Waals surface area contributed by atoms with E-state index in [1.165, 1.54) is 6.07 Å². The van der Waals surface area contributed by atoms with Crippen LogP contribution < -0.4 is 4.74 Å². The van der Waals surface area contributed by atoms with Crippen molar-refractivity contribution in [3.63, 3.8) is 0 Å². The van der Waals surface area contributed by atoms with Crippen molar-refractivity contribution in [2.75, 3.05) is 7.11 Å². The van der Waals surface area contributed by atoms with Gasteiger partial charge in [-0.25, -0.2) is 9.78 Å². The van der Waals surface area contributed by atoms with Gasteiger partial charge in [0.1, 0.15) is 5.75 Å². The molecule has 0 atom stereocenters. The molecule has 0 aliphatic rings. The molecule has 0 saturated carbocycles. The van der Waals surface area contributed by atoms with Crippen LogP contribution in [0.25, 0.3) is 0 Å². The van der Waals surface area contributed by atoms with E-state index in [0.717, 1.165) is 31.5 Å². The number of rotatable bonds is 4. The molecule has 0 unspecified atom stereocenters. The molecule has 0 spiro atoms. The Bertz CT molecular complexity index is 792. The van der Waals surface area contributed by atoms with Crippen molar-refractivity contribution in [3.8, 4) is 11.6 Å². The van der Waals surface area contributed by atoms with Crippen LogP contribution in [-0.4, -0.2) is 23.0 Å². The fourth-order valence-corrected chi connectivity index (χ4v) is 1.73. The van der Waals surface area contributed by atoms with E-state index in [1.54, 1.807) is 0 Å². The van der Waals surface area contributed by atoms with E-state index >= 15 is 0 Å². The molecule has 0 saturated heterocycles. The lowest BCUT2D eigenvalue weighted by Gasteiger charge is -2.10. The van der Waals surface area contributed by atoms with Crippen LogP contribution in [0.3, 0.4) is 0 Å². The number of aromatic nitrogens is 1. The van der Waals surface area contributed by atoms with Gasteiger partial charge in [0.15, 0.2) is 0 Å². The molecule has 1 heterocycles. The molecule has 1 aromatic carbocycles. The van der Waals surface area contributed by atoms with Crippen molar-refractivity contribution in [2.45, 2.75) is 6.18 Å². The highest BCUT2D eigenvalue weighted by Crippen LogP contribution is 2.34. The maximum Gasteiger partial charge on any atom is 0.416 e. The summed E-state index contributed by atoms with van der Waals surface area (Å²) in [7, 11) is 1.08. The first-order valence-electron chi connectivity index (χ1n) is 6.30. The summed E-state index contributed by atoms with van der Waals surface area (Å²) in [5, 5.41) is 11.1. The average molecular weight is 342 g/mol. The van der Waals surface area contributed by atoms with E-state index in [2.05, 4.69) is 9.72 Å². The molecule has 0 N–H and O–H groups in total. The van der Waals surface area contributed by atoms with Crippen molar-refractivity contribution in [2.24, 2.45) is 0 Å². The van der Waals surface area contributed by atoms with Gasteiger partial charge in [-0.05, 0) is 18.2 Å². The van der Waals surface area contributed by atoms with Gasteiger partial charge in [-0.15, -0.1) is 0 Å². The van der Waals surface area contributed by atoms with Gasteiger partial charge >= 0.3 is 17.8 Å². The zero-order chi connectivity index (χ0) is 17.9. The van der Waals surface area contributed by atoms with E-state index in [1.807, 2.05) is 0 Å². The predicted molar refractivity (Wildman–Crippen MR) is 73.7 cm³/mol. The molecule has 0 fully saturated rings. The molecule has 24 heavy (non-hydrogen) atoms. The standard InChI is InChI=1S/C14H9F3N2O5/c1-23-13(20)8-5-11(19(21)22)12(18-7-8)24-10-4-2-3-9(6-10)14(15,16)17/h2-7H,1H3. The molecule has 0 aliphatic heterocycles. The zero-order valence-corrected chi connectivity index (χ0v) is 12.0. The molecule has 0 bridgehead atoms. The highest BCUT2D eigenvalue weighted by Gasteiger charge is 2.31. The van der Waals surface area contributed by atoms with E-state index in [0.29, 0.717) is 6.07 Å². The predicted octanol–water partition coefficient (Wildman–Crippen LogP) is 3.59. The molecule has 0 radical (unpaired) electrons. The molecule has 126 valence electrons. The first kappa shape index (κ1) is 17.2. The van der Waals surface area contributed by atoms with Crippen molar-refractivity contribution in [3.05, 3.63) is 57.8 Å². The molecule has 0 amide bonds. The minimum Gasteiger partial charge on any atom is -0.465 e. The summed E-state index contributed by atoms with van der Waals surface area (Å²) in [6.07, 6.45) is -3.63. The highest BCUT2D eigenvalue weighted by molar-refractivity contribution is 5.89. The lowest BCUT2D eigenvalue weighted by atomic mass is 10.2. The summed E-state index contributed by atoms with van der Waals surface area (Å²) in [6.45, 7) is 0. The topological polar surface area (TPSA) is 91.6 Å². The lowest BCUT2D eigenvalue weighted by molar-refractivity contribution is -0.386. The normalized spacial score (nSPS) is 11.0. The third-order valence-corrected chi connectivity index (χ3v) is 2.83. The van der Waals surface area contributed by atoms with Gasteiger partial charge in [-0.1, -0.05) is 6.07 Å². The number of benzene rings is 1. The summed E-state index contributed by atoms with van der Waals surface area (Å²) in [5.74, 6) is -1.69. The van der Waals surface area contributed by atoms with Gasteiger partial charge in [-0.3, -0.25) is 10.1 Å². The van der Waals surface area contributed by atoms with Crippen LogP contribution in [0.15, 0.2) is 36.5 Å². The van der Waals surface area contributed by atoms with Crippen molar-refractivity contribution in [1.82, 2.24) is 4.98 Å². The summed E-state index contributed by atoms with van der Waals surface area (Å²) >= 11 is 0. The second-order valence-electron chi connectivity index (χ2n) is 4.42. The number of nitro groups is 1. The second-order valence-corrected chi connectivity index (χ2v) is 4.42. The monoisotopic (exact) mass is 342 g/mol. The number of nitrogens with zero attached hydrogens (tertiary/aromatic N) is 2. The van der Waals surface area contributed by atoms with Crippen molar-refractivity contribution in [1.29, 1.82) is 0 Å². The molecule has 0 aliphatic carbocycles. The fourth-order valence-electron chi connectivity index (χ4n) is 1.73. The SMILES string of the molecule is COC(=O)c1cnc(Oc2cccc(C(F)(F)F)c2)c([N+](=O)[O-])c1. The molecule has 10 heteroatoms. The smallest absolute Gasteiger partial charge is 0.416 e. The maximum absolute atomic E-state index is 12.7. The summed E-state index contributed by atoms with van der Waals surface area (Å²) in [6, 6.07) is 4.65. The van der Waals surface area contributed by atoms with E-state index in [-0.39, 0.29) is 11.3 Å². The number of carbonyl (C=O) groups excluding carboxylic acids is 1. The molecule has 2 aromatic rings. The molecular weight excluding hydrogens is 333 g/mol. The van der Waals surface area contributed by atoms with Crippen LogP contribution in [0.1, 0.15) is 15.9 Å². The van der Waals surface area contributed by atoms with E-state index < -0.39 is 34.2 Å². The van der Waals surface area contributed by atoms with Crippen LogP contribution in [-0.2, 0) is 10.9 Å². The third kappa shape index (κ3) is 3.77. The summed E-state index contributed by atoms with van der Waals surface area (Å²) in [4.78, 5) is 25.2. The number of hydrogen-bond acceptors (Lipinski definition) is 6. The Hall–Kier alpha value is -3.17. The van der Waals surface area contributed by atoms with Crippen LogP contribution in [0, 0.1) is 10.1 Å². The van der Waals surface area contributed by atoms with Gasteiger partial charge in [0, 0.05) is 12.3 Å². The van der Waals surface area contributed by atoms with E-state index in [4.69, 9.17) is 4.74 Å². The molecule has 2 rings (SSSR count). The number of esters is 1. The molecule has 7 nitrogen and oxygen atoms in total. The zero-order valence-electron chi connectivity index (χ0n) is 12.0. The number of methoxy groups -OCH3 is 1. The Morgan fingerprint density at radius 2 is 2.00 bits per heavy atom. The van der Waals surface area contributed by atoms with Gasteiger partial charge in [0.2, 0.25) is 0 Å². The Labute approximate surface area is 132 Å². The van der Waals surface area contributed by atoms with Gasteiger partial charge < -0.3 is 9.47 Å². The summed E-state index contributed by atoms with van der Waals surface area (Å²) < 4.78 is 47.5. The molecule has 1 aromatic heterocycles. The quantitative estimate of drug-likeness (QED) is 0.479. The van der Waals surface area contributed by atoms with Crippen molar-refractivity contribution >= 4 is 11.7 Å². The van der Waals surface area contributed by atoms with Crippen LogP contribution in [0.5, 0.6) is 11.6 Å². The fraction of sp³-hybridized carbons (Fsp3) is 0.143. The third-order valence-electron chi connectivity index (χ3n) is 2.83. The summed E-state index contributed by atoms with van der Waals surface area (Å²) in [5.41, 5.74) is -1.86. The number of alkyl halides is 3. The number of halogens is 3. The lowest BCUT2D eigenvalue weighted by Crippen LogP contribution is -2.06. The number of hydrogen-bond donors (Lipinski definition) is 0. The van der Waals surface area contributed by atoms with Crippen LogP contribution in [0.4, 0.5) is 18.9 Å². The first-order valence-corrected chi connectivity index (χ1v) is 6.30. The van der Waals surface area contributed by atoms with Crippen LogP contribution >= 0.6 is 0 Å². The van der Waals surface area contributed by atoms with Crippen molar-refractivity contribution < 1.29 is 32.4 Å². The Morgan fingerprint density at radius 1 is 1.29 bits per heavy atom. The maximum atomic E-state index is 12.7. The Kier molecular flexibility index (Phi) is 4.67. The second kappa shape index (κ2) is 6.52. The first-order chi connectivity index (χ1) is 11.2. The minimum atomic E-state index is -4.59. The largest absolute Gasteiger partial charge is 0.465 e. The van der Waals surface area contributed by atoms with Crippen LogP contribution in [0.2, 0.25) is 0 Å². The van der Waals surface area contributed by atoms with Gasteiger partial charge in [0.05, 0.1) is 23.2 Å². The Balaban J connectivity index is 2.39.